The number of halogens is 4. The molecule has 0 heterocycles. The Morgan fingerprint density at radius 3 is 2.00 bits per heavy atom. The standard InChI is InChI=1S/C8H9ClN3.3ClH.Zn/c1-12(2)8-4-3-6(11-10)5-7(8)9;;;;/h3-5H,1-2H3;3*1H;/q+1;;;;+2/p-3. The normalized spacial score (nSPS) is 6.88. The summed E-state index contributed by atoms with van der Waals surface area (Å²) in [6, 6.07) is 5.11. The molecule has 0 aliphatic rings. The van der Waals surface area contributed by atoms with E-state index in [1.165, 1.54) is 0 Å². The van der Waals surface area contributed by atoms with Crippen LogP contribution in [0.4, 0.5) is 11.4 Å². The SMILES string of the molecule is CN(C)c1ccc([N+]#N)cc1Cl.[Cl-].[Cl-].[Cl-].[Zn+2]. The van der Waals surface area contributed by atoms with Crippen LogP contribution in [0.3, 0.4) is 0 Å². The maximum Gasteiger partial charge on any atom is 2.00 e. The van der Waals surface area contributed by atoms with Crippen molar-refractivity contribution < 1.29 is 56.7 Å². The fourth-order valence-corrected chi connectivity index (χ4v) is 1.26. The van der Waals surface area contributed by atoms with Crippen LogP contribution in [0.1, 0.15) is 0 Å². The summed E-state index contributed by atoms with van der Waals surface area (Å²) in [5.74, 6) is 0. The minimum atomic E-state index is 0. The summed E-state index contributed by atoms with van der Waals surface area (Å²) in [7, 11) is 3.80. The first-order valence-corrected chi connectivity index (χ1v) is 3.85. The molecule has 3 nitrogen and oxygen atoms in total. The fraction of sp³-hybridized carbons (Fsp3) is 0.250. The second kappa shape index (κ2) is 11.7. The minimum Gasteiger partial charge on any atom is -1.00 e. The van der Waals surface area contributed by atoms with Crippen molar-refractivity contribution in [3.8, 4) is 0 Å². The third-order valence-electron chi connectivity index (χ3n) is 1.53. The van der Waals surface area contributed by atoms with Gasteiger partial charge in [0.25, 0.3) is 0 Å². The van der Waals surface area contributed by atoms with E-state index in [-0.39, 0.29) is 56.7 Å². The minimum absolute atomic E-state index is 0. The van der Waals surface area contributed by atoms with Crippen molar-refractivity contribution in [3.63, 3.8) is 0 Å². The molecule has 0 N–H and O–H groups in total. The van der Waals surface area contributed by atoms with Crippen molar-refractivity contribution in [1.82, 2.24) is 0 Å². The molecule has 0 aliphatic carbocycles. The summed E-state index contributed by atoms with van der Waals surface area (Å²) in [5.41, 5.74) is 1.37. The first-order valence-electron chi connectivity index (χ1n) is 3.47. The topological polar surface area (TPSA) is 31.4 Å². The maximum atomic E-state index is 8.44. The van der Waals surface area contributed by atoms with Gasteiger partial charge in [-0.2, -0.15) is 0 Å². The molecule has 8 heteroatoms. The van der Waals surface area contributed by atoms with Gasteiger partial charge in [-0.05, 0) is 6.07 Å². The predicted molar refractivity (Wildman–Crippen MR) is 50.5 cm³/mol. The smallest absolute Gasteiger partial charge is 1.00 e. The van der Waals surface area contributed by atoms with Crippen LogP contribution < -0.4 is 42.1 Å². The van der Waals surface area contributed by atoms with Gasteiger partial charge in [0, 0.05) is 20.2 Å². The van der Waals surface area contributed by atoms with E-state index in [1.807, 2.05) is 19.0 Å². The van der Waals surface area contributed by atoms with Crippen molar-refractivity contribution >= 4 is 23.0 Å². The summed E-state index contributed by atoms with van der Waals surface area (Å²) < 4.78 is 0. The molecule has 0 saturated heterocycles. The average Bonchev–Trinajstić information content (AvgIpc) is 2.03. The van der Waals surface area contributed by atoms with Gasteiger partial charge in [-0.15, -0.1) is 0 Å². The molecule has 0 fully saturated rings. The van der Waals surface area contributed by atoms with E-state index in [2.05, 4.69) is 4.98 Å². The van der Waals surface area contributed by atoms with Crippen molar-refractivity contribution in [1.29, 1.82) is 5.39 Å². The maximum absolute atomic E-state index is 8.44. The second-order valence-corrected chi connectivity index (χ2v) is 3.04. The number of hydrogen-bond acceptors (Lipinski definition) is 2. The molecule has 0 radical (unpaired) electrons. The molecule has 0 amide bonds. The molecular weight excluding hydrogens is 345 g/mol. The van der Waals surface area contributed by atoms with Crippen LogP contribution >= 0.6 is 11.6 Å². The quantitative estimate of drug-likeness (QED) is 0.371. The number of diazo groups is 1. The molecule has 0 bridgehead atoms. The molecule has 0 unspecified atom stereocenters. The van der Waals surface area contributed by atoms with E-state index >= 15 is 0 Å². The molecular formula is C8H9Cl4N3Zn. The number of rotatable bonds is 1. The first-order chi connectivity index (χ1) is 5.65. The number of nitrogens with zero attached hydrogens (tertiary/aromatic N) is 3. The second-order valence-electron chi connectivity index (χ2n) is 2.63. The molecule has 1 aromatic rings. The molecule has 0 aromatic heterocycles. The summed E-state index contributed by atoms with van der Waals surface area (Å²) in [5, 5.41) is 9.02. The van der Waals surface area contributed by atoms with Crippen LogP contribution in [0.15, 0.2) is 18.2 Å². The largest absolute Gasteiger partial charge is 2.00 e. The Kier molecular flexibility index (Phi) is 18.4. The van der Waals surface area contributed by atoms with Crippen molar-refractivity contribution in [2.24, 2.45) is 0 Å². The van der Waals surface area contributed by atoms with Crippen LogP contribution in [0.25, 0.3) is 4.98 Å². The third kappa shape index (κ3) is 6.73. The predicted octanol–water partition coefficient (Wildman–Crippen LogP) is -6.10. The Morgan fingerprint density at radius 1 is 1.19 bits per heavy atom. The van der Waals surface area contributed by atoms with Crippen LogP contribution in [0.5, 0.6) is 0 Å². The molecule has 0 saturated carbocycles. The van der Waals surface area contributed by atoms with Crippen molar-refractivity contribution in [2.75, 3.05) is 19.0 Å². The molecule has 0 aliphatic heterocycles. The van der Waals surface area contributed by atoms with Gasteiger partial charge in [0.05, 0.1) is 16.8 Å². The van der Waals surface area contributed by atoms with Gasteiger partial charge in [0.1, 0.15) is 0 Å². The van der Waals surface area contributed by atoms with Gasteiger partial charge >= 0.3 is 25.2 Å². The zero-order chi connectivity index (χ0) is 9.14. The Hall–Kier alpha value is 0.223. The Morgan fingerprint density at radius 2 is 1.69 bits per heavy atom. The van der Waals surface area contributed by atoms with E-state index in [9.17, 15) is 0 Å². The number of anilines is 1. The molecule has 86 valence electrons. The zero-order valence-electron chi connectivity index (χ0n) is 8.79. The average molecular weight is 354 g/mol. The van der Waals surface area contributed by atoms with Crippen LogP contribution in [-0.2, 0) is 19.5 Å². The Labute approximate surface area is 132 Å². The summed E-state index contributed by atoms with van der Waals surface area (Å²) in [4.78, 5) is 4.92. The third-order valence-corrected chi connectivity index (χ3v) is 1.83. The van der Waals surface area contributed by atoms with E-state index < -0.39 is 0 Å². The van der Waals surface area contributed by atoms with E-state index in [0.29, 0.717) is 10.7 Å². The zero-order valence-corrected chi connectivity index (χ0v) is 14.8. The van der Waals surface area contributed by atoms with Crippen LogP contribution in [0.2, 0.25) is 5.02 Å². The molecule has 0 atom stereocenters. The van der Waals surface area contributed by atoms with Gasteiger partial charge in [-0.1, -0.05) is 11.6 Å². The van der Waals surface area contributed by atoms with Gasteiger partial charge in [-0.25, -0.2) is 0 Å². The van der Waals surface area contributed by atoms with Gasteiger partial charge in [-0.3, -0.25) is 0 Å². The fourth-order valence-electron chi connectivity index (χ4n) is 0.921. The summed E-state index contributed by atoms with van der Waals surface area (Å²) in [6.07, 6.45) is 0. The summed E-state index contributed by atoms with van der Waals surface area (Å²) in [6.45, 7) is 0. The van der Waals surface area contributed by atoms with Crippen LogP contribution in [0, 0.1) is 5.39 Å². The molecule has 16 heavy (non-hydrogen) atoms. The Balaban J connectivity index is -0.000000180. The van der Waals surface area contributed by atoms with Crippen molar-refractivity contribution in [3.05, 3.63) is 28.2 Å². The monoisotopic (exact) mass is 351 g/mol. The Bertz CT molecular complexity index is 341. The molecule has 0 spiro atoms. The number of hydrogen-bond donors (Lipinski definition) is 0. The number of benzene rings is 1. The van der Waals surface area contributed by atoms with Crippen molar-refractivity contribution in [2.45, 2.75) is 0 Å². The van der Waals surface area contributed by atoms with Crippen LogP contribution in [-0.4, -0.2) is 14.1 Å². The van der Waals surface area contributed by atoms with Gasteiger partial charge in [0.15, 0.2) is 4.98 Å². The molecule has 1 rings (SSSR count). The van der Waals surface area contributed by atoms with Gasteiger partial charge in [0.2, 0.25) is 5.39 Å². The summed E-state index contributed by atoms with van der Waals surface area (Å²) >= 11 is 5.89. The first kappa shape index (κ1) is 25.2. The van der Waals surface area contributed by atoms with E-state index in [1.54, 1.807) is 18.2 Å². The van der Waals surface area contributed by atoms with Gasteiger partial charge < -0.3 is 42.1 Å². The molecule has 1 aromatic carbocycles. The van der Waals surface area contributed by atoms with E-state index in [0.717, 1.165) is 5.69 Å². The van der Waals surface area contributed by atoms with E-state index in [4.69, 9.17) is 17.0 Å².